The minimum absolute atomic E-state index is 0.242. The molecular weight excluding hydrogens is 413 g/mol. The predicted octanol–water partition coefficient (Wildman–Crippen LogP) is 3.89. The van der Waals surface area contributed by atoms with Crippen molar-refractivity contribution in [1.82, 2.24) is 10.2 Å². The van der Waals surface area contributed by atoms with Crippen molar-refractivity contribution in [2.24, 2.45) is 0 Å². The maximum absolute atomic E-state index is 12.8. The number of hydrogen-bond acceptors (Lipinski definition) is 4. The van der Waals surface area contributed by atoms with Gasteiger partial charge in [-0.05, 0) is 48.9 Å². The van der Waals surface area contributed by atoms with Gasteiger partial charge in [-0.2, -0.15) is 0 Å². The fraction of sp³-hybridized carbons (Fsp3) is 0.211. The van der Waals surface area contributed by atoms with Gasteiger partial charge in [-0.15, -0.1) is 13.2 Å². The van der Waals surface area contributed by atoms with E-state index in [1.807, 2.05) is 0 Å². The number of nitrogens with one attached hydrogen (secondary N) is 1. The maximum atomic E-state index is 12.8. The Morgan fingerprint density at radius 1 is 1.10 bits per heavy atom. The van der Waals surface area contributed by atoms with Gasteiger partial charge in [0.25, 0.3) is 5.91 Å². The van der Waals surface area contributed by atoms with E-state index in [0.717, 1.165) is 17.0 Å². The second-order valence-corrected chi connectivity index (χ2v) is 6.89. The SMILES string of the molecule is CC1(c2ccc(OC(F)(F)F)cc2)NC(=O)N(CC(=O)c2ccc(Cl)cc2)C1=O. The molecule has 3 rings (SSSR count). The Labute approximate surface area is 168 Å². The summed E-state index contributed by atoms with van der Waals surface area (Å²) >= 11 is 5.77. The Balaban J connectivity index is 1.78. The van der Waals surface area contributed by atoms with Crippen LogP contribution in [0, 0.1) is 0 Å². The van der Waals surface area contributed by atoms with E-state index in [2.05, 4.69) is 10.1 Å². The Hall–Kier alpha value is -3.07. The molecule has 6 nitrogen and oxygen atoms in total. The van der Waals surface area contributed by atoms with Gasteiger partial charge in [0.1, 0.15) is 11.3 Å². The third-order valence-electron chi connectivity index (χ3n) is 4.41. The van der Waals surface area contributed by atoms with Crippen molar-refractivity contribution in [3.05, 3.63) is 64.7 Å². The molecule has 0 spiro atoms. The number of amides is 3. The lowest BCUT2D eigenvalue weighted by atomic mass is 9.92. The summed E-state index contributed by atoms with van der Waals surface area (Å²) in [6, 6.07) is 9.74. The van der Waals surface area contributed by atoms with Crippen molar-refractivity contribution in [3.8, 4) is 5.75 Å². The number of alkyl halides is 3. The lowest BCUT2D eigenvalue weighted by Crippen LogP contribution is -2.41. The van der Waals surface area contributed by atoms with E-state index in [9.17, 15) is 27.6 Å². The molecule has 3 amide bonds. The summed E-state index contributed by atoms with van der Waals surface area (Å²) in [6.07, 6.45) is -4.85. The number of nitrogens with zero attached hydrogens (tertiary/aromatic N) is 1. The van der Waals surface area contributed by atoms with E-state index in [-0.39, 0.29) is 11.1 Å². The normalized spacial score (nSPS) is 19.3. The monoisotopic (exact) mass is 426 g/mol. The van der Waals surface area contributed by atoms with Crippen molar-refractivity contribution >= 4 is 29.3 Å². The molecule has 0 aromatic heterocycles. The van der Waals surface area contributed by atoms with E-state index in [0.29, 0.717) is 5.02 Å². The van der Waals surface area contributed by atoms with Crippen LogP contribution in [0.1, 0.15) is 22.8 Å². The van der Waals surface area contributed by atoms with E-state index in [1.54, 1.807) is 0 Å². The molecule has 0 aliphatic carbocycles. The number of ether oxygens (including phenoxy) is 1. The van der Waals surface area contributed by atoms with Crippen LogP contribution in [0.2, 0.25) is 5.02 Å². The van der Waals surface area contributed by atoms with Crippen LogP contribution in [0.15, 0.2) is 48.5 Å². The Kier molecular flexibility index (Phi) is 5.27. The summed E-state index contributed by atoms with van der Waals surface area (Å²) in [6.45, 7) is 0.913. The molecule has 29 heavy (non-hydrogen) atoms. The van der Waals surface area contributed by atoms with Gasteiger partial charge in [0.2, 0.25) is 0 Å². The molecule has 1 heterocycles. The molecule has 1 unspecified atom stereocenters. The van der Waals surface area contributed by atoms with E-state index >= 15 is 0 Å². The number of urea groups is 1. The van der Waals surface area contributed by atoms with Crippen LogP contribution < -0.4 is 10.1 Å². The largest absolute Gasteiger partial charge is 0.573 e. The summed E-state index contributed by atoms with van der Waals surface area (Å²) in [5.74, 6) is -1.63. The summed E-state index contributed by atoms with van der Waals surface area (Å²) in [5.41, 5.74) is -1.02. The minimum Gasteiger partial charge on any atom is -0.406 e. The van der Waals surface area contributed by atoms with Gasteiger partial charge in [0.15, 0.2) is 5.78 Å². The molecule has 2 aromatic carbocycles. The predicted molar refractivity (Wildman–Crippen MR) is 96.5 cm³/mol. The first-order chi connectivity index (χ1) is 13.5. The van der Waals surface area contributed by atoms with Gasteiger partial charge in [-0.3, -0.25) is 14.5 Å². The first kappa shape index (κ1) is 20.7. The summed E-state index contributed by atoms with van der Waals surface area (Å²) in [4.78, 5) is 38.3. The summed E-state index contributed by atoms with van der Waals surface area (Å²) in [7, 11) is 0. The molecule has 0 saturated carbocycles. The van der Waals surface area contributed by atoms with Crippen LogP contribution in [0.3, 0.4) is 0 Å². The van der Waals surface area contributed by atoms with Crippen LogP contribution in [-0.2, 0) is 10.3 Å². The average Bonchev–Trinajstić information content (AvgIpc) is 2.85. The van der Waals surface area contributed by atoms with E-state index in [1.165, 1.54) is 43.3 Å². The smallest absolute Gasteiger partial charge is 0.406 e. The maximum Gasteiger partial charge on any atom is 0.573 e. The Bertz CT molecular complexity index is 961. The second-order valence-electron chi connectivity index (χ2n) is 6.45. The van der Waals surface area contributed by atoms with Crippen LogP contribution in [0.25, 0.3) is 0 Å². The molecular formula is C19H14ClF3N2O4. The number of hydrogen-bond donors (Lipinski definition) is 1. The molecule has 1 N–H and O–H groups in total. The first-order valence-corrected chi connectivity index (χ1v) is 8.66. The molecule has 0 radical (unpaired) electrons. The number of carbonyl (C=O) groups is 3. The highest BCUT2D eigenvalue weighted by atomic mass is 35.5. The van der Waals surface area contributed by atoms with Gasteiger partial charge >= 0.3 is 12.4 Å². The quantitative estimate of drug-likeness (QED) is 0.581. The zero-order chi connectivity index (χ0) is 21.4. The number of imide groups is 1. The number of rotatable bonds is 5. The third-order valence-corrected chi connectivity index (χ3v) is 4.66. The molecule has 1 saturated heterocycles. The van der Waals surface area contributed by atoms with Crippen molar-refractivity contribution in [2.45, 2.75) is 18.8 Å². The molecule has 1 aliphatic heterocycles. The van der Waals surface area contributed by atoms with Crippen LogP contribution in [0.4, 0.5) is 18.0 Å². The van der Waals surface area contributed by atoms with Gasteiger partial charge in [0.05, 0.1) is 6.54 Å². The van der Waals surface area contributed by atoms with Gasteiger partial charge in [0, 0.05) is 10.6 Å². The standard InChI is InChI=1S/C19H14ClF3N2O4/c1-18(12-4-8-14(9-5-12)29-19(21,22)23)16(27)25(17(28)24-18)10-15(26)11-2-6-13(20)7-3-11/h2-9H,10H2,1H3,(H,24,28). The fourth-order valence-corrected chi connectivity index (χ4v) is 3.02. The number of ketones is 1. The Morgan fingerprint density at radius 2 is 1.69 bits per heavy atom. The zero-order valence-corrected chi connectivity index (χ0v) is 15.7. The van der Waals surface area contributed by atoms with E-state index < -0.39 is 41.9 Å². The number of Topliss-reactive ketones (excluding diaryl/α,β-unsaturated/α-hetero) is 1. The second kappa shape index (κ2) is 7.40. The molecule has 1 atom stereocenters. The topological polar surface area (TPSA) is 75.7 Å². The Morgan fingerprint density at radius 3 is 2.24 bits per heavy atom. The van der Waals surface area contributed by atoms with Crippen molar-refractivity contribution < 1.29 is 32.3 Å². The zero-order valence-electron chi connectivity index (χ0n) is 14.9. The van der Waals surface area contributed by atoms with Gasteiger partial charge in [-0.1, -0.05) is 23.7 Å². The van der Waals surface area contributed by atoms with Crippen molar-refractivity contribution in [1.29, 1.82) is 0 Å². The summed E-state index contributed by atoms with van der Waals surface area (Å²) in [5, 5.41) is 2.91. The number of benzene rings is 2. The highest BCUT2D eigenvalue weighted by molar-refractivity contribution is 6.30. The highest BCUT2D eigenvalue weighted by Gasteiger charge is 2.49. The van der Waals surface area contributed by atoms with Crippen LogP contribution >= 0.6 is 11.6 Å². The molecule has 0 bridgehead atoms. The van der Waals surface area contributed by atoms with Crippen molar-refractivity contribution in [3.63, 3.8) is 0 Å². The minimum atomic E-state index is -4.85. The first-order valence-electron chi connectivity index (χ1n) is 8.29. The molecule has 1 fully saturated rings. The van der Waals surface area contributed by atoms with Crippen molar-refractivity contribution in [2.75, 3.05) is 6.54 Å². The number of halogens is 4. The lowest BCUT2D eigenvalue weighted by Gasteiger charge is -2.22. The van der Waals surface area contributed by atoms with Gasteiger partial charge < -0.3 is 10.1 Å². The van der Waals surface area contributed by atoms with E-state index in [4.69, 9.17) is 11.6 Å². The average molecular weight is 427 g/mol. The molecule has 2 aromatic rings. The summed E-state index contributed by atoms with van der Waals surface area (Å²) < 4.78 is 40.7. The lowest BCUT2D eigenvalue weighted by molar-refractivity contribution is -0.274. The van der Waals surface area contributed by atoms with Gasteiger partial charge in [-0.25, -0.2) is 4.79 Å². The van der Waals surface area contributed by atoms with Crippen LogP contribution in [-0.4, -0.2) is 35.5 Å². The highest BCUT2D eigenvalue weighted by Crippen LogP contribution is 2.31. The van der Waals surface area contributed by atoms with Crippen LogP contribution in [0.5, 0.6) is 5.75 Å². The fourth-order valence-electron chi connectivity index (χ4n) is 2.90. The molecule has 152 valence electrons. The third kappa shape index (κ3) is 4.34. The number of carbonyl (C=O) groups excluding carboxylic acids is 3. The molecule has 1 aliphatic rings. The molecule has 10 heteroatoms.